The Bertz CT molecular complexity index is 374. The van der Waals surface area contributed by atoms with Crippen LogP contribution in [0.4, 0.5) is 4.39 Å². The van der Waals surface area contributed by atoms with E-state index in [4.69, 9.17) is 11.1 Å². The summed E-state index contributed by atoms with van der Waals surface area (Å²) in [4.78, 5) is 0. The molecule has 0 fully saturated rings. The minimum atomic E-state index is -0.877. The number of fused-ring (bicyclic) bond motifs is 1. The van der Waals surface area contributed by atoms with Crippen LogP contribution < -0.4 is 5.73 Å². The fourth-order valence-corrected chi connectivity index (χ4v) is 1.91. The van der Waals surface area contributed by atoms with Crippen molar-refractivity contribution in [1.82, 2.24) is 0 Å². The third-order valence-electron chi connectivity index (χ3n) is 2.70. The highest BCUT2D eigenvalue weighted by molar-refractivity contribution is 5.95. The van der Waals surface area contributed by atoms with Crippen LogP contribution in [-0.4, -0.2) is 5.84 Å². The van der Waals surface area contributed by atoms with Crippen LogP contribution in [0.25, 0.3) is 0 Å². The first-order valence-corrected chi connectivity index (χ1v) is 4.80. The highest BCUT2D eigenvalue weighted by atomic mass is 19.1. The van der Waals surface area contributed by atoms with E-state index < -0.39 is 6.17 Å². The number of alkyl halides is 1. The maximum Gasteiger partial charge on any atom is 0.125 e. The molecule has 1 aliphatic carbocycles. The highest BCUT2D eigenvalue weighted by Crippen LogP contribution is 2.32. The number of aryl methyl sites for hydroxylation is 1. The minimum absolute atomic E-state index is 0.00516. The van der Waals surface area contributed by atoms with E-state index in [0.717, 1.165) is 24.0 Å². The van der Waals surface area contributed by atoms with Gasteiger partial charge in [-0.1, -0.05) is 12.1 Å². The Labute approximate surface area is 82.4 Å². The van der Waals surface area contributed by atoms with Crippen LogP contribution in [0.5, 0.6) is 0 Å². The number of hydrogen-bond donors (Lipinski definition) is 2. The summed E-state index contributed by atoms with van der Waals surface area (Å²) in [5.41, 5.74) is 7.76. The normalized spacial score (nSPS) is 20.2. The topological polar surface area (TPSA) is 49.9 Å². The summed E-state index contributed by atoms with van der Waals surface area (Å²) < 4.78 is 13.5. The van der Waals surface area contributed by atoms with Gasteiger partial charge >= 0.3 is 0 Å². The molecule has 0 saturated heterocycles. The van der Waals surface area contributed by atoms with E-state index >= 15 is 0 Å². The summed E-state index contributed by atoms with van der Waals surface area (Å²) >= 11 is 0. The zero-order valence-corrected chi connectivity index (χ0v) is 7.89. The quantitative estimate of drug-likeness (QED) is 0.520. The molecule has 3 heteroatoms. The number of rotatable bonds is 1. The molecule has 1 aliphatic rings. The average molecular weight is 192 g/mol. The molecule has 1 aromatic rings. The summed E-state index contributed by atoms with van der Waals surface area (Å²) in [5.74, 6) is 0.00516. The first-order valence-electron chi connectivity index (χ1n) is 4.80. The van der Waals surface area contributed by atoms with E-state index in [0.29, 0.717) is 12.0 Å². The molecule has 14 heavy (non-hydrogen) atoms. The van der Waals surface area contributed by atoms with Crippen molar-refractivity contribution in [2.24, 2.45) is 5.73 Å². The number of amidine groups is 1. The number of nitrogen functional groups attached to an aromatic ring is 1. The lowest BCUT2D eigenvalue weighted by atomic mass is 9.89. The summed E-state index contributed by atoms with van der Waals surface area (Å²) in [6.45, 7) is 0. The predicted octanol–water partition coefficient (Wildman–Crippen LogP) is 2.32. The van der Waals surface area contributed by atoms with Crippen molar-refractivity contribution in [3.05, 3.63) is 34.9 Å². The van der Waals surface area contributed by atoms with Crippen LogP contribution in [0, 0.1) is 5.41 Å². The number of halogens is 1. The minimum Gasteiger partial charge on any atom is -0.384 e. The third-order valence-corrected chi connectivity index (χ3v) is 2.70. The van der Waals surface area contributed by atoms with E-state index in [9.17, 15) is 4.39 Å². The molecule has 0 heterocycles. The van der Waals surface area contributed by atoms with Gasteiger partial charge in [-0.05, 0) is 36.5 Å². The zero-order valence-electron chi connectivity index (χ0n) is 7.89. The molecular formula is C11H13FN2. The predicted molar refractivity (Wildman–Crippen MR) is 54.2 cm³/mol. The average Bonchev–Trinajstić information content (AvgIpc) is 2.18. The molecule has 1 unspecified atom stereocenters. The Morgan fingerprint density at radius 2 is 2.29 bits per heavy atom. The van der Waals surface area contributed by atoms with Crippen molar-refractivity contribution in [1.29, 1.82) is 5.41 Å². The van der Waals surface area contributed by atoms with Gasteiger partial charge in [-0.2, -0.15) is 0 Å². The lowest BCUT2D eigenvalue weighted by Crippen LogP contribution is -2.13. The molecule has 0 radical (unpaired) electrons. The van der Waals surface area contributed by atoms with Gasteiger partial charge in [0.25, 0.3) is 0 Å². The largest absolute Gasteiger partial charge is 0.384 e. The van der Waals surface area contributed by atoms with Gasteiger partial charge in [0.2, 0.25) is 0 Å². The van der Waals surface area contributed by atoms with Gasteiger partial charge in [0, 0.05) is 5.56 Å². The second-order valence-electron chi connectivity index (χ2n) is 3.69. The van der Waals surface area contributed by atoms with E-state index in [2.05, 4.69) is 0 Å². The van der Waals surface area contributed by atoms with Gasteiger partial charge in [-0.25, -0.2) is 4.39 Å². The smallest absolute Gasteiger partial charge is 0.125 e. The summed E-state index contributed by atoms with van der Waals surface area (Å²) in [7, 11) is 0. The van der Waals surface area contributed by atoms with Crippen LogP contribution >= 0.6 is 0 Å². The lowest BCUT2D eigenvalue weighted by Gasteiger charge is -2.20. The Morgan fingerprint density at radius 3 is 3.00 bits per heavy atom. The fraction of sp³-hybridized carbons (Fsp3) is 0.364. The molecule has 0 saturated carbocycles. The highest BCUT2D eigenvalue weighted by Gasteiger charge is 2.19. The second-order valence-corrected chi connectivity index (χ2v) is 3.69. The van der Waals surface area contributed by atoms with Crippen molar-refractivity contribution < 1.29 is 4.39 Å². The Kier molecular flexibility index (Phi) is 2.23. The molecule has 1 aromatic carbocycles. The SMILES string of the molecule is N=C(N)c1ccc2c(c1)C(F)CCC2. The van der Waals surface area contributed by atoms with Crippen molar-refractivity contribution in [2.75, 3.05) is 0 Å². The molecule has 2 nitrogen and oxygen atoms in total. The first kappa shape index (κ1) is 9.19. The van der Waals surface area contributed by atoms with Gasteiger partial charge in [0.15, 0.2) is 0 Å². The maximum atomic E-state index is 13.5. The number of nitrogens with one attached hydrogen (secondary N) is 1. The molecule has 0 amide bonds. The standard InChI is InChI=1S/C11H13FN2/c12-10-3-1-2-7-4-5-8(11(13)14)6-9(7)10/h4-6,10H,1-3H2,(H3,13,14). The zero-order chi connectivity index (χ0) is 10.1. The first-order chi connectivity index (χ1) is 6.68. The number of benzene rings is 1. The van der Waals surface area contributed by atoms with Gasteiger partial charge in [-0.3, -0.25) is 5.41 Å². The van der Waals surface area contributed by atoms with E-state index in [1.165, 1.54) is 0 Å². The van der Waals surface area contributed by atoms with Crippen LogP contribution in [0.2, 0.25) is 0 Å². The third kappa shape index (κ3) is 1.50. The van der Waals surface area contributed by atoms with Crippen LogP contribution in [0.3, 0.4) is 0 Å². The lowest BCUT2D eigenvalue weighted by molar-refractivity contribution is 0.302. The molecule has 0 bridgehead atoms. The Balaban J connectivity index is 2.45. The molecule has 3 N–H and O–H groups in total. The van der Waals surface area contributed by atoms with Gasteiger partial charge < -0.3 is 5.73 Å². The van der Waals surface area contributed by atoms with E-state index in [1.54, 1.807) is 12.1 Å². The van der Waals surface area contributed by atoms with Gasteiger partial charge in [0.05, 0.1) is 0 Å². The van der Waals surface area contributed by atoms with E-state index in [1.807, 2.05) is 6.07 Å². The van der Waals surface area contributed by atoms with Crippen molar-refractivity contribution in [3.8, 4) is 0 Å². The molecular weight excluding hydrogens is 179 g/mol. The molecule has 0 aromatic heterocycles. The fourth-order valence-electron chi connectivity index (χ4n) is 1.91. The monoisotopic (exact) mass is 192 g/mol. The Hall–Kier alpha value is -1.38. The van der Waals surface area contributed by atoms with Crippen molar-refractivity contribution in [2.45, 2.75) is 25.4 Å². The van der Waals surface area contributed by atoms with Gasteiger partial charge in [-0.15, -0.1) is 0 Å². The van der Waals surface area contributed by atoms with Crippen LogP contribution in [0.15, 0.2) is 18.2 Å². The van der Waals surface area contributed by atoms with Crippen LogP contribution in [0.1, 0.15) is 35.7 Å². The molecule has 0 aliphatic heterocycles. The van der Waals surface area contributed by atoms with Crippen molar-refractivity contribution in [3.63, 3.8) is 0 Å². The number of hydrogen-bond acceptors (Lipinski definition) is 1. The summed E-state index contributed by atoms with van der Waals surface area (Å²) in [6.07, 6.45) is 1.56. The molecule has 2 rings (SSSR count). The van der Waals surface area contributed by atoms with Gasteiger partial charge in [0.1, 0.15) is 12.0 Å². The molecule has 1 atom stereocenters. The summed E-state index contributed by atoms with van der Waals surface area (Å²) in [6, 6.07) is 5.39. The van der Waals surface area contributed by atoms with E-state index in [-0.39, 0.29) is 5.84 Å². The molecule has 0 spiro atoms. The van der Waals surface area contributed by atoms with Crippen molar-refractivity contribution >= 4 is 5.84 Å². The number of nitrogens with two attached hydrogens (primary N) is 1. The molecule has 74 valence electrons. The van der Waals surface area contributed by atoms with Crippen LogP contribution in [-0.2, 0) is 6.42 Å². The summed E-state index contributed by atoms with van der Waals surface area (Å²) in [5, 5.41) is 7.27. The Morgan fingerprint density at radius 1 is 1.50 bits per heavy atom. The second kappa shape index (κ2) is 3.40. The maximum absolute atomic E-state index is 13.5.